The summed E-state index contributed by atoms with van der Waals surface area (Å²) in [6.07, 6.45) is 2.61. The van der Waals surface area contributed by atoms with Crippen LogP contribution in [0.4, 0.5) is 15.3 Å². The van der Waals surface area contributed by atoms with Crippen LogP contribution in [0.15, 0.2) is 42.5 Å². The topological polar surface area (TPSA) is 88.7 Å². The molecule has 3 saturated heterocycles. The third kappa shape index (κ3) is 8.21. The summed E-state index contributed by atoms with van der Waals surface area (Å²) in [7, 11) is 0. The Morgan fingerprint density at radius 3 is 2.19 bits per heavy atom. The molecule has 4 aliphatic heterocycles. The van der Waals surface area contributed by atoms with Gasteiger partial charge in [-0.1, -0.05) is 47.5 Å². The van der Waals surface area contributed by atoms with E-state index in [0.717, 1.165) is 62.3 Å². The lowest BCUT2D eigenvalue weighted by Gasteiger charge is -2.44. The van der Waals surface area contributed by atoms with E-state index >= 15 is 0 Å². The molecule has 1 unspecified atom stereocenters. The number of hydrogen-bond donors (Lipinski definition) is 1. The van der Waals surface area contributed by atoms with Crippen molar-refractivity contribution in [1.82, 2.24) is 24.5 Å². The summed E-state index contributed by atoms with van der Waals surface area (Å²) in [4.78, 5) is 51.2. The number of amides is 4. The van der Waals surface area contributed by atoms with Gasteiger partial charge in [-0.25, -0.2) is 9.59 Å². The molecule has 0 aromatic heterocycles. The fourth-order valence-electron chi connectivity index (χ4n) is 7.63. The van der Waals surface area contributed by atoms with Crippen molar-refractivity contribution in [2.45, 2.75) is 76.6 Å². The van der Waals surface area contributed by atoms with E-state index in [-0.39, 0.29) is 24.4 Å². The molecule has 1 atom stereocenters. The molecule has 12 heteroatoms. The minimum absolute atomic E-state index is 0.0200. The Morgan fingerprint density at radius 2 is 1.50 bits per heavy atom. The van der Waals surface area contributed by atoms with Crippen molar-refractivity contribution in [3.05, 3.63) is 63.6 Å². The highest BCUT2D eigenvalue weighted by Gasteiger charge is 2.36. The number of halogens is 2. The lowest BCUT2D eigenvalue weighted by molar-refractivity contribution is -0.142. The van der Waals surface area contributed by atoms with Crippen LogP contribution in [0.5, 0.6) is 0 Å². The van der Waals surface area contributed by atoms with Crippen LogP contribution in [0, 0.1) is 0 Å². The van der Waals surface area contributed by atoms with Gasteiger partial charge >= 0.3 is 12.1 Å². The van der Waals surface area contributed by atoms with Crippen LogP contribution in [-0.4, -0.2) is 126 Å². The van der Waals surface area contributed by atoms with Gasteiger partial charge in [-0.2, -0.15) is 0 Å². The first-order valence-corrected chi connectivity index (χ1v) is 18.2. The van der Waals surface area contributed by atoms with E-state index in [4.69, 9.17) is 27.9 Å². The number of anilines is 1. The first-order chi connectivity index (χ1) is 23.2. The first-order valence-electron chi connectivity index (χ1n) is 17.5. The predicted octanol–water partition coefficient (Wildman–Crippen LogP) is 5.61. The summed E-state index contributed by atoms with van der Waals surface area (Å²) in [5, 5.41) is 3.88. The first kappa shape index (κ1) is 34.8. The maximum Gasteiger partial charge on any atom is 0.410 e. The summed E-state index contributed by atoms with van der Waals surface area (Å²) >= 11 is 12.5. The van der Waals surface area contributed by atoms with Gasteiger partial charge in [-0.05, 0) is 75.3 Å². The number of nitrogens with one attached hydrogen (secondary N) is 1. The lowest BCUT2D eigenvalue weighted by Crippen LogP contribution is -2.56. The normalized spacial score (nSPS) is 21.1. The molecule has 0 radical (unpaired) electrons. The number of carbonyl (C=O) groups excluding carboxylic acids is 3. The van der Waals surface area contributed by atoms with Crippen molar-refractivity contribution in [1.29, 1.82) is 0 Å². The zero-order valence-corrected chi connectivity index (χ0v) is 29.6. The molecule has 3 fully saturated rings. The largest absolute Gasteiger partial charge is 0.436 e. The Balaban J connectivity index is 1.05. The number of urea groups is 1. The van der Waals surface area contributed by atoms with Crippen LogP contribution >= 0.6 is 23.2 Å². The molecule has 260 valence electrons. The predicted molar refractivity (Wildman–Crippen MR) is 189 cm³/mol. The Kier molecular flexibility index (Phi) is 11.4. The maximum atomic E-state index is 14.0. The van der Waals surface area contributed by atoms with E-state index in [9.17, 15) is 14.4 Å². The third-order valence-electron chi connectivity index (χ3n) is 10.6. The number of para-hydroxylation sites is 1. The van der Waals surface area contributed by atoms with Crippen molar-refractivity contribution in [2.24, 2.45) is 0 Å². The number of hydrogen-bond acceptors (Lipinski definition) is 6. The van der Waals surface area contributed by atoms with Crippen LogP contribution in [-0.2, 0) is 22.4 Å². The Hall–Kier alpha value is -3.05. The fourth-order valence-corrected chi connectivity index (χ4v) is 7.95. The van der Waals surface area contributed by atoms with E-state index in [1.165, 1.54) is 0 Å². The SMILES string of the molecule is CC(C)N1CCN(C2CCN(C(=O)C(Cc3ccc(Cl)c(Cl)c3)OC(=O)N3CCC(N4CCc5ccccc5NC4=O)CC3)CC2)CC1. The molecule has 6 rings (SSSR count). The molecular formula is C36H48Cl2N6O4. The van der Waals surface area contributed by atoms with Crippen LogP contribution in [0.2, 0.25) is 10.0 Å². The molecule has 4 aliphatic rings. The van der Waals surface area contributed by atoms with Gasteiger partial charge in [0.05, 0.1) is 10.0 Å². The smallest absolute Gasteiger partial charge is 0.410 e. The summed E-state index contributed by atoms with van der Waals surface area (Å²) < 4.78 is 6.03. The molecule has 2 aromatic rings. The second kappa shape index (κ2) is 15.7. The van der Waals surface area contributed by atoms with Crippen LogP contribution in [0.25, 0.3) is 0 Å². The number of carbonyl (C=O) groups is 3. The number of rotatable bonds is 7. The zero-order chi connectivity index (χ0) is 33.8. The number of ether oxygens (including phenoxy) is 1. The highest BCUT2D eigenvalue weighted by atomic mass is 35.5. The van der Waals surface area contributed by atoms with Crippen molar-refractivity contribution < 1.29 is 19.1 Å². The quantitative estimate of drug-likeness (QED) is 0.405. The number of benzene rings is 2. The number of piperazine rings is 1. The van der Waals surface area contributed by atoms with Crippen LogP contribution in [0.1, 0.15) is 50.7 Å². The van der Waals surface area contributed by atoms with Gasteiger partial charge in [0.2, 0.25) is 0 Å². The van der Waals surface area contributed by atoms with Gasteiger partial charge in [-0.3, -0.25) is 14.6 Å². The van der Waals surface area contributed by atoms with E-state index < -0.39 is 12.2 Å². The maximum absolute atomic E-state index is 14.0. The second-order valence-electron chi connectivity index (χ2n) is 13.8. The van der Waals surface area contributed by atoms with Crippen molar-refractivity contribution in [2.75, 3.05) is 64.2 Å². The van der Waals surface area contributed by atoms with Crippen molar-refractivity contribution in [3.63, 3.8) is 0 Å². The van der Waals surface area contributed by atoms with Crippen molar-refractivity contribution >= 4 is 46.9 Å². The number of likely N-dealkylation sites (tertiary alicyclic amines) is 2. The third-order valence-corrected chi connectivity index (χ3v) is 11.3. The van der Waals surface area contributed by atoms with E-state index in [0.29, 0.717) is 67.7 Å². The zero-order valence-electron chi connectivity index (χ0n) is 28.1. The molecule has 0 saturated carbocycles. The molecule has 2 aromatic carbocycles. The molecule has 48 heavy (non-hydrogen) atoms. The average molecular weight is 700 g/mol. The van der Waals surface area contributed by atoms with Crippen LogP contribution < -0.4 is 5.32 Å². The summed E-state index contributed by atoms with van der Waals surface area (Å²) in [5.41, 5.74) is 2.76. The lowest BCUT2D eigenvalue weighted by atomic mass is 10.00. The highest BCUT2D eigenvalue weighted by Crippen LogP contribution is 2.27. The Bertz CT molecular complexity index is 1450. The van der Waals surface area contributed by atoms with Gasteiger partial charge < -0.3 is 24.8 Å². The number of nitrogens with zero attached hydrogens (tertiary/aromatic N) is 5. The van der Waals surface area contributed by atoms with Gasteiger partial charge in [0.1, 0.15) is 0 Å². The minimum atomic E-state index is -0.978. The number of fused-ring (bicyclic) bond motifs is 1. The minimum Gasteiger partial charge on any atom is -0.436 e. The van der Waals surface area contributed by atoms with Gasteiger partial charge in [-0.15, -0.1) is 0 Å². The van der Waals surface area contributed by atoms with E-state index in [1.807, 2.05) is 40.1 Å². The monoisotopic (exact) mass is 698 g/mol. The van der Waals surface area contributed by atoms with E-state index in [1.54, 1.807) is 17.0 Å². The molecule has 4 amide bonds. The molecule has 0 spiro atoms. The van der Waals surface area contributed by atoms with E-state index in [2.05, 4.69) is 29.0 Å². The molecule has 0 aliphatic carbocycles. The van der Waals surface area contributed by atoms with Gasteiger partial charge in [0, 0.05) is 89.1 Å². The van der Waals surface area contributed by atoms with Gasteiger partial charge in [0.25, 0.3) is 5.91 Å². The van der Waals surface area contributed by atoms with Crippen molar-refractivity contribution in [3.8, 4) is 0 Å². The standard InChI is InChI=1S/C36H48Cl2N6O4/c1-25(2)40-19-21-41(22-20-40)28-10-14-42(15-11-28)34(45)33(24-26-7-8-30(37)31(38)23-26)48-36(47)43-16-12-29(13-17-43)44-18-9-27-5-3-4-6-32(27)39-35(44)46/h3-8,23,25,28-29,33H,9-22,24H2,1-2H3,(H,39,46). The summed E-state index contributed by atoms with van der Waals surface area (Å²) in [6.45, 7) is 11.6. The molecular weight excluding hydrogens is 651 g/mol. The number of piperidine rings is 2. The van der Waals surface area contributed by atoms with Gasteiger partial charge in [0.15, 0.2) is 6.10 Å². The average Bonchev–Trinajstić information content (AvgIpc) is 3.27. The van der Waals surface area contributed by atoms with Crippen LogP contribution in [0.3, 0.4) is 0 Å². The molecule has 10 nitrogen and oxygen atoms in total. The highest BCUT2D eigenvalue weighted by molar-refractivity contribution is 6.42. The second-order valence-corrected chi connectivity index (χ2v) is 14.6. The fraction of sp³-hybridized carbons (Fsp3) is 0.583. The molecule has 0 bridgehead atoms. The summed E-state index contributed by atoms with van der Waals surface area (Å²) in [5.74, 6) is -0.173. The molecule has 1 N–H and O–H groups in total. The Morgan fingerprint density at radius 1 is 0.833 bits per heavy atom. The summed E-state index contributed by atoms with van der Waals surface area (Å²) in [6, 6.07) is 14.1. The Labute approximate surface area is 294 Å². The molecule has 4 heterocycles.